The summed E-state index contributed by atoms with van der Waals surface area (Å²) in [6.07, 6.45) is 4.54. The highest BCUT2D eigenvalue weighted by Crippen LogP contribution is 2.31. The van der Waals surface area contributed by atoms with E-state index in [9.17, 15) is 13.6 Å². The predicted octanol–water partition coefficient (Wildman–Crippen LogP) is 5.32. The lowest BCUT2D eigenvalue weighted by molar-refractivity contribution is -0.111. The first-order valence-corrected chi connectivity index (χ1v) is 10.0. The highest BCUT2D eigenvalue weighted by Gasteiger charge is 2.12. The van der Waals surface area contributed by atoms with E-state index in [2.05, 4.69) is 25.0 Å². The van der Waals surface area contributed by atoms with Crippen LogP contribution in [0, 0.1) is 6.92 Å². The molecule has 0 radical (unpaired) electrons. The van der Waals surface area contributed by atoms with Gasteiger partial charge in [-0.05, 0) is 49.4 Å². The van der Waals surface area contributed by atoms with Crippen LogP contribution < -0.4 is 10.1 Å². The molecule has 0 saturated carbocycles. The number of hydrogen-bond acceptors (Lipinski definition) is 6. The highest BCUT2D eigenvalue weighted by atomic mass is 32.1. The van der Waals surface area contributed by atoms with Crippen molar-refractivity contribution in [2.45, 2.75) is 13.5 Å². The minimum atomic E-state index is -2.87. The van der Waals surface area contributed by atoms with E-state index in [1.54, 1.807) is 24.4 Å². The number of benzene rings is 2. The zero-order valence-electron chi connectivity index (χ0n) is 16.3. The van der Waals surface area contributed by atoms with Crippen LogP contribution in [-0.4, -0.2) is 27.5 Å². The number of halogens is 2. The summed E-state index contributed by atoms with van der Waals surface area (Å²) in [5.74, 6) is -0.280. The van der Waals surface area contributed by atoms with Gasteiger partial charge in [-0.3, -0.25) is 15.1 Å². The summed E-state index contributed by atoms with van der Waals surface area (Å²) >= 11 is 1.32. The third-order valence-electron chi connectivity index (χ3n) is 4.25. The molecule has 4 aromatic rings. The molecule has 0 atom stereocenters. The molecule has 1 N–H and O–H groups in total. The number of carbonyl (C=O) groups is 1. The molecule has 2 heterocycles. The molecule has 9 heteroatoms. The normalized spacial score (nSPS) is 11.4. The zero-order valence-corrected chi connectivity index (χ0v) is 17.1. The van der Waals surface area contributed by atoms with E-state index in [1.165, 1.54) is 29.5 Å². The number of aryl methyl sites for hydroxylation is 1. The average molecular weight is 438 g/mol. The molecule has 0 saturated heterocycles. The fourth-order valence-electron chi connectivity index (χ4n) is 2.87. The minimum absolute atomic E-state index is 0.0714. The lowest BCUT2D eigenvalue weighted by Crippen LogP contribution is -2.07. The van der Waals surface area contributed by atoms with Gasteiger partial charge in [0, 0.05) is 16.5 Å². The number of hydrogen-bond donors (Lipinski definition) is 1. The van der Waals surface area contributed by atoms with Gasteiger partial charge in [0.2, 0.25) is 5.91 Å². The number of nitrogens with one attached hydrogen (secondary N) is 1. The summed E-state index contributed by atoms with van der Waals surface area (Å²) in [5, 5.41) is 3.16. The van der Waals surface area contributed by atoms with E-state index in [4.69, 9.17) is 0 Å². The van der Waals surface area contributed by atoms with Crippen molar-refractivity contribution in [1.82, 2.24) is 15.0 Å². The number of thiazole rings is 1. The monoisotopic (exact) mass is 438 g/mol. The van der Waals surface area contributed by atoms with Crippen molar-refractivity contribution < 1.29 is 18.3 Å². The fourth-order valence-corrected chi connectivity index (χ4v) is 3.71. The van der Waals surface area contributed by atoms with Crippen LogP contribution in [0.3, 0.4) is 0 Å². The predicted molar refractivity (Wildman–Crippen MR) is 116 cm³/mol. The molecular formula is C22H16F2N4O2S. The van der Waals surface area contributed by atoms with E-state index in [-0.39, 0.29) is 11.7 Å². The molecule has 0 unspecified atom stereocenters. The van der Waals surface area contributed by atoms with E-state index in [0.29, 0.717) is 16.5 Å². The Kier molecular flexibility index (Phi) is 5.94. The number of alkyl halides is 2. The maximum absolute atomic E-state index is 12.3. The summed E-state index contributed by atoms with van der Waals surface area (Å²) in [6.45, 7) is -1.01. The molecule has 156 valence electrons. The van der Waals surface area contributed by atoms with Gasteiger partial charge in [-0.2, -0.15) is 8.78 Å². The molecule has 0 aliphatic heterocycles. The molecular weight excluding hydrogens is 422 g/mol. The van der Waals surface area contributed by atoms with Crippen molar-refractivity contribution in [1.29, 1.82) is 0 Å². The standard InChI is InChI=1S/C22H16F2N4O2S/c1-13-20(14-6-9-16(10-7-14)30-21(23)24)28-22(31-13)27-19(29)11-8-15-12-25-17-4-2-3-5-18(17)26-15/h2-12,21H,1H3,(H,27,28,29)/b11-8+. The summed E-state index contributed by atoms with van der Waals surface area (Å²) in [6, 6.07) is 13.7. The van der Waals surface area contributed by atoms with E-state index >= 15 is 0 Å². The second kappa shape index (κ2) is 8.97. The Morgan fingerprint density at radius 3 is 2.58 bits per heavy atom. The number of ether oxygens (including phenoxy) is 1. The van der Waals surface area contributed by atoms with Crippen molar-refractivity contribution in [3.05, 3.63) is 71.4 Å². The second-order valence-electron chi connectivity index (χ2n) is 6.43. The van der Waals surface area contributed by atoms with Crippen LogP contribution in [0.15, 0.2) is 60.8 Å². The van der Waals surface area contributed by atoms with Crippen molar-refractivity contribution in [2.24, 2.45) is 0 Å². The van der Waals surface area contributed by atoms with Crippen LogP contribution in [-0.2, 0) is 4.79 Å². The number of rotatable bonds is 6. The van der Waals surface area contributed by atoms with Crippen LogP contribution in [0.2, 0.25) is 0 Å². The molecule has 2 aromatic heterocycles. The van der Waals surface area contributed by atoms with Crippen molar-refractivity contribution in [3.8, 4) is 17.0 Å². The van der Waals surface area contributed by atoms with Gasteiger partial charge in [-0.1, -0.05) is 12.1 Å². The van der Waals surface area contributed by atoms with Gasteiger partial charge in [-0.15, -0.1) is 11.3 Å². The molecule has 0 aliphatic carbocycles. The van der Waals surface area contributed by atoms with Gasteiger partial charge in [0.1, 0.15) is 5.75 Å². The van der Waals surface area contributed by atoms with Crippen molar-refractivity contribution in [3.63, 3.8) is 0 Å². The number of para-hydroxylation sites is 2. The van der Waals surface area contributed by atoms with Gasteiger partial charge >= 0.3 is 6.61 Å². The number of carbonyl (C=O) groups excluding carboxylic acids is 1. The molecule has 4 rings (SSSR count). The molecule has 0 bridgehead atoms. The van der Waals surface area contributed by atoms with E-state index in [1.807, 2.05) is 31.2 Å². The molecule has 6 nitrogen and oxygen atoms in total. The van der Waals surface area contributed by atoms with Gasteiger partial charge in [0.25, 0.3) is 0 Å². The summed E-state index contributed by atoms with van der Waals surface area (Å²) in [5.41, 5.74) is 3.49. The van der Waals surface area contributed by atoms with E-state index in [0.717, 1.165) is 21.5 Å². The van der Waals surface area contributed by atoms with Crippen LogP contribution in [0.1, 0.15) is 10.6 Å². The molecule has 0 fully saturated rings. The lowest BCUT2D eigenvalue weighted by Gasteiger charge is -2.05. The van der Waals surface area contributed by atoms with E-state index < -0.39 is 6.61 Å². The summed E-state index contributed by atoms with van der Waals surface area (Å²) in [7, 11) is 0. The first kappa shape index (κ1) is 20.5. The zero-order chi connectivity index (χ0) is 21.8. The number of fused-ring (bicyclic) bond motifs is 1. The molecule has 2 aromatic carbocycles. The Bertz CT molecular complexity index is 1260. The topological polar surface area (TPSA) is 77.0 Å². The summed E-state index contributed by atoms with van der Waals surface area (Å²) < 4.78 is 28.9. The SMILES string of the molecule is Cc1sc(NC(=O)/C=C/c2cnc3ccccc3n2)nc1-c1ccc(OC(F)F)cc1. The highest BCUT2D eigenvalue weighted by molar-refractivity contribution is 7.16. The Labute approximate surface area is 180 Å². The third kappa shape index (κ3) is 5.07. The Morgan fingerprint density at radius 2 is 1.84 bits per heavy atom. The summed E-state index contributed by atoms with van der Waals surface area (Å²) in [4.78, 5) is 26.4. The average Bonchev–Trinajstić information content (AvgIpc) is 3.12. The van der Waals surface area contributed by atoms with Gasteiger partial charge in [0.15, 0.2) is 5.13 Å². The molecule has 0 spiro atoms. The second-order valence-corrected chi connectivity index (χ2v) is 7.64. The minimum Gasteiger partial charge on any atom is -0.435 e. The maximum Gasteiger partial charge on any atom is 0.387 e. The van der Waals surface area contributed by atoms with Gasteiger partial charge in [-0.25, -0.2) is 9.97 Å². The van der Waals surface area contributed by atoms with Crippen LogP contribution in [0.25, 0.3) is 28.4 Å². The first-order chi connectivity index (χ1) is 15.0. The molecule has 31 heavy (non-hydrogen) atoms. The Morgan fingerprint density at radius 1 is 1.10 bits per heavy atom. The number of anilines is 1. The van der Waals surface area contributed by atoms with Crippen molar-refractivity contribution in [2.75, 3.05) is 5.32 Å². The fraction of sp³-hybridized carbons (Fsp3) is 0.0909. The third-order valence-corrected chi connectivity index (χ3v) is 5.14. The van der Waals surface area contributed by atoms with Gasteiger partial charge < -0.3 is 4.74 Å². The van der Waals surface area contributed by atoms with Crippen LogP contribution >= 0.6 is 11.3 Å². The lowest BCUT2D eigenvalue weighted by atomic mass is 10.1. The largest absolute Gasteiger partial charge is 0.435 e. The quantitative estimate of drug-likeness (QED) is 0.413. The Hall–Kier alpha value is -3.72. The smallest absolute Gasteiger partial charge is 0.387 e. The van der Waals surface area contributed by atoms with Gasteiger partial charge in [0.05, 0.1) is 28.6 Å². The molecule has 0 aliphatic rings. The maximum atomic E-state index is 12.3. The number of nitrogens with zero attached hydrogens (tertiary/aromatic N) is 3. The van der Waals surface area contributed by atoms with Crippen LogP contribution in [0.5, 0.6) is 5.75 Å². The number of amides is 1. The Balaban J connectivity index is 1.44. The first-order valence-electron chi connectivity index (χ1n) is 9.21. The molecule has 1 amide bonds. The van der Waals surface area contributed by atoms with Crippen LogP contribution in [0.4, 0.5) is 13.9 Å². The van der Waals surface area contributed by atoms with Crippen molar-refractivity contribution >= 4 is 39.5 Å². The number of aromatic nitrogens is 3.